The van der Waals surface area contributed by atoms with Crippen molar-refractivity contribution < 1.29 is 9.31 Å². The second-order valence-corrected chi connectivity index (χ2v) is 4.68. The lowest BCUT2D eigenvalue weighted by Crippen LogP contribution is -2.45. The minimum atomic E-state index is -0.774. The molecule has 0 spiro atoms. The number of rotatable bonds is 4. The summed E-state index contributed by atoms with van der Waals surface area (Å²) in [4.78, 5) is 12.4. The SMILES string of the molecule is CC[C@H](c1ccc(F)c([N+](=O)[O-])c1)N1CCNCC1.Cl.Cl. The molecule has 1 fully saturated rings. The molecule has 0 unspecified atom stereocenters. The molecule has 0 aromatic heterocycles. The number of nitrogens with zero attached hydrogens (tertiary/aromatic N) is 2. The summed E-state index contributed by atoms with van der Waals surface area (Å²) in [7, 11) is 0. The molecule has 1 aromatic carbocycles. The van der Waals surface area contributed by atoms with Crippen LogP contribution in [0.1, 0.15) is 24.9 Å². The first-order chi connectivity index (χ1) is 9.13. The van der Waals surface area contributed by atoms with Crippen LogP contribution in [0.25, 0.3) is 0 Å². The zero-order chi connectivity index (χ0) is 13.8. The molecule has 1 aliphatic rings. The van der Waals surface area contributed by atoms with Crippen LogP contribution in [0.4, 0.5) is 10.1 Å². The highest BCUT2D eigenvalue weighted by Crippen LogP contribution is 2.28. The largest absolute Gasteiger partial charge is 0.314 e. The van der Waals surface area contributed by atoms with E-state index in [1.807, 2.05) is 6.92 Å². The summed E-state index contributed by atoms with van der Waals surface area (Å²) >= 11 is 0. The molecule has 5 nitrogen and oxygen atoms in total. The quantitative estimate of drug-likeness (QED) is 0.676. The number of nitrogens with one attached hydrogen (secondary N) is 1. The molecule has 0 radical (unpaired) electrons. The fourth-order valence-corrected chi connectivity index (χ4v) is 2.58. The van der Waals surface area contributed by atoms with Gasteiger partial charge in [-0.25, -0.2) is 0 Å². The predicted octanol–water partition coefficient (Wildman–Crippen LogP) is 2.93. The summed E-state index contributed by atoms with van der Waals surface area (Å²) in [5, 5.41) is 14.1. The van der Waals surface area contributed by atoms with Crippen molar-refractivity contribution in [2.24, 2.45) is 0 Å². The first kappa shape index (κ1) is 20.1. The van der Waals surface area contributed by atoms with Crippen LogP contribution in [-0.4, -0.2) is 36.0 Å². The number of nitro groups is 1. The third kappa shape index (κ3) is 4.78. The molecule has 120 valence electrons. The molecule has 8 heteroatoms. The minimum Gasteiger partial charge on any atom is -0.314 e. The normalized spacial score (nSPS) is 16.5. The van der Waals surface area contributed by atoms with Crippen molar-refractivity contribution in [1.29, 1.82) is 0 Å². The second-order valence-electron chi connectivity index (χ2n) is 4.68. The fraction of sp³-hybridized carbons (Fsp3) is 0.538. The number of piperazine rings is 1. The van der Waals surface area contributed by atoms with E-state index in [0.29, 0.717) is 0 Å². The Morgan fingerprint density at radius 1 is 1.38 bits per heavy atom. The molecule has 1 heterocycles. The van der Waals surface area contributed by atoms with Crippen LogP contribution in [0.2, 0.25) is 0 Å². The lowest BCUT2D eigenvalue weighted by atomic mass is 10.0. The molecule has 2 rings (SSSR count). The van der Waals surface area contributed by atoms with Crippen LogP contribution >= 0.6 is 24.8 Å². The van der Waals surface area contributed by atoms with Gasteiger partial charge in [0, 0.05) is 38.3 Å². The van der Waals surface area contributed by atoms with Crippen LogP contribution < -0.4 is 5.32 Å². The Morgan fingerprint density at radius 2 is 2.00 bits per heavy atom. The zero-order valence-electron chi connectivity index (χ0n) is 11.8. The first-order valence-electron chi connectivity index (χ1n) is 6.52. The molecule has 1 aliphatic heterocycles. The van der Waals surface area contributed by atoms with Gasteiger partial charge in [-0.15, -0.1) is 24.8 Å². The molecule has 1 saturated heterocycles. The van der Waals surface area contributed by atoms with Crippen molar-refractivity contribution in [3.63, 3.8) is 0 Å². The maximum atomic E-state index is 13.4. The van der Waals surface area contributed by atoms with Crippen molar-refractivity contribution in [3.05, 3.63) is 39.7 Å². The molecule has 0 bridgehead atoms. The van der Waals surface area contributed by atoms with E-state index in [0.717, 1.165) is 38.2 Å². The summed E-state index contributed by atoms with van der Waals surface area (Å²) < 4.78 is 13.4. The van der Waals surface area contributed by atoms with Gasteiger partial charge in [0.25, 0.3) is 0 Å². The van der Waals surface area contributed by atoms with Crippen LogP contribution in [0.15, 0.2) is 18.2 Å². The molecule has 0 aliphatic carbocycles. The van der Waals surface area contributed by atoms with Gasteiger partial charge in [-0.05, 0) is 18.1 Å². The topological polar surface area (TPSA) is 58.4 Å². The lowest BCUT2D eigenvalue weighted by molar-refractivity contribution is -0.387. The summed E-state index contributed by atoms with van der Waals surface area (Å²) in [6.07, 6.45) is 0.850. The second kappa shape index (κ2) is 9.15. The van der Waals surface area contributed by atoms with Crippen LogP contribution in [0, 0.1) is 15.9 Å². The number of halogens is 3. The molecule has 1 atom stereocenters. The average molecular weight is 340 g/mol. The maximum absolute atomic E-state index is 13.4. The molecule has 21 heavy (non-hydrogen) atoms. The number of hydrogen-bond donors (Lipinski definition) is 1. The van der Waals surface area contributed by atoms with Gasteiger partial charge in [-0.3, -0.25) is 15.0 Å². The Bertz CT molecular complexity index is 471. The standard InChI is InChI=1S/C13H18FN3O2.2ClH/c1-2-12(16-7-5-15-6-8-16)10-3-4-11(14)13(9-10)17(18)19;;/h3-4,9,12,15H,2,5-8H2,1H3;2*1H/t12-;;/m1../s1. The van der Waals surface area contributed by atoms with E-state index >= 15 is 0 Å². The lowest BCUT2D eigenvalue weighted by Gasteiger charge is -2.34. The smallest absolute Gasteiger partial charge is 0.305 e. The van der Waals surface area contributed by atoms with Gasteiger partial charge in [0.15, 0.2) is 0 Å². The van der Waals surface area contributed by atoms with E-state index in [2.05, 4.69) is 10.2 Å². The third-order valence-corrected chi connectivity index (χ3v) is 3.53. The van der Waals surface area contributed by atoms with Crippen molar-refractivity contribution in [1.82, 2.24) is 10.2 Å². The third-order valence-electron chi connectivity index (χ3n) is 3.53. The number of hydrogen-bond acceptors (Lipinski definition) is 4. The van der Waals surface area contributed by atoms with E-state index in [4.69, 9.17) is 0 Å². The van der Waals surface area contributed by atoms with Gasteiger partial charge in [0.2, 0.25) is 5.82 Å². The van der Waals surface area contributed by atoms with Crippen LogP contribution in [0.5, 0.6) is 0 Å². The zero-order valence-corrected chi connectivity index (χ0v) is 13.4. The van der Waals surface area contributed by atoms with Crippen molar-refractivity contribution in [2.75, 3.05) is 26.2 Å². The van der Waals surface area contributed by atoms with Crippen LogP contribution in [0.3, 0.4) is 0 Å². The van der Waals surface area contributed by atoms with Gasteiger partial charge in [-0.1, -0.05) is 13.0 Å². The Hall–Kier alpha value is -0.950. The van der Waals surface area contributed by atoms with E-state index in [1.54, 1.807) is 6.07 Å². The molecular weight excluding hydrogens is 320 g/mol. The summed E-state index contributed by atoms with van der Waals surface area (Å²) in [5.41, 5.74) is 0.378. The van der Waals surface area contributed by atoms with Gasteiger partial charge >= 0.3 is 5.69 Å². The van der Waals surface area contributed by atoms with Gasteiger partial charge < -0.3 is 5.32 Å². The number of nitro benzene ring substituents is 1. The van der Waals surface area contributed by atoms with Crippen molar-refractivity contribution in [3.8, 4) is 0 Å². The Morgan fingerprint density at radius 3 is 2.52 bits per heavy atom. The Balaban J connectivity index is 0.00000200. The first-order valence-corrected chi connectivity index (χ1v) is 6.52. The molecule has 1 aromatic rings. The van der Waals surface area contributed by atoms with Gasteiger partial charge in [0.05, 0.1) is 4.92 Å². The van der Waals surface area contributed by atoms with Crippen molar-refractivity contribution >= 4 is 30.5 Å². The van der Waals surface area contributed by atoms with E-state index < -0.39 is 16.4 Å². The highest BCUT2D eigenvalue weighted by molar-refractivity contribution is 5.85. The molecule has 1 N–H and O–H groups in total. The summed E-state index contributed by atoms with van der Waals surface area (Å²) in [6.45, 7) is 5.69. The van der Waals surface area contributed by atoms with Gasteiger partial charge in [0.1, 0.15) is 0 Å². The molecule has 0 saturated carbocycles. The summed E-state index contributed by atoms with van der Waals surface area (Å²) in [5.74, 6) is -0.774. The highest BCUT2D eigenvalue weighted by atomic mass is 35.5. The van der Waals surface area contributed by atoms with Crippen molar-refractivity contribution in [2.45, 2.75) is 19.4 Å². The summed E-state index contributed by atoms with van der Waals surface area (Å²) in [6, 6.07) is 4.32. The highest BCUT2D eigenvalue weighted by Gasteiger charge is 2.23. The monoisotopic (exact) mass is 339 g/mol. The molecular formula is C13H20Cl2FN3O2. The predicted molar refractivity (Wildman–Crippen MR) is 85.0 cm³/mol. The Labute approximate surface area is 135 Å². The Kier molecular flexibility index (Phi) is 8.73. The van der Waals surface area contributed by atoms with Crippen LogP contribution in [-0.2, 0) is 0 Å². The number of benzene rings is 1. The van der Waals surface area contributed by atoms with E-state index in [1.165, 1.54) is 12.1 Å². The average Bonchev–Trinajstić information content (AvgIpc) is 2.42. The van der Waals surface area contributed by atoms with Gasteiger partial charge in [-0.2, -0.15) is 4.39 Å². The fourth-order valence-electron chi connectivity index (χ4n) is 2.58. The van der Waals surface area contributed by atoms with E-state index in [9.17, 15) is 14.5 Å². The maximum Gasteiger partial charge on any atom is 0.305 e. The minimum absolute atomic E-state index is 0. The van der Waals surface area contributed by atoms with E-state index in [-0.39, 0.29) is 30.9 Å². The molecule has 0 amide bonds.